The first-order chi connectivity index (χ1) is 12.1. The van der Waals surface area contributed by atoms with Crippen molar-refractivity contribution in [2.75, 3.05) is 0 Å². The summed E-state index contributed by atoms with van der Waals surface area (Å²) >= 11 is 0. The predicted molar refractivity (Wildman–Crippen MR) is 86.2 cm³/mol. The van der Waals surface area contributed by atoms with E-state index in [0.29, 0.717) is 5.56 Å². The zero-order valence-electron chi connectivity index (χ0n) is 12.7. The summed E-state index contributed by atoms with van der Waals surface area (Å²) in [6.45, 7) is 0. The summed E-state index contributed by atoms with van der Waals surface area (Å²) in [4.78, 5) is 18.7. The highest BCUT2D eigenvalue weighted by atomic mass is 19.1. The zero-order valence-corrected chi connectivity index (χ0v) is 12.7. The number of nitriles is 1. The van der Waals surface area contributed by atoms with Crippen LogP contribution in [0.1, 0.15) is 27.3 Å². The Morgan fingerprint density at radius 1 is 1.28 bits per heavy atom. The van der Waals surface area contributed by atoms with Gasteiger partial charge in [0.15, 0.2) is 0 Å². The zero-order chi connectivity index (χ0) is 17.8. The second-order valence-electron chi connectivity index (χ2n) is 4.93. The molecule has 122 valence electrons. The SMILES string of the molecule is N#Cc1ccc(C(=O)O)nc1C=Cc1ccc(-n2cncn2)c(F)c1. The van der Waals surface area contributed by atoms with Gasteiger partial charge in [0.05, 0.1) is 11.3 Å². The number of aromatic nitrogens is 4. The third-order valence-corrected chi connectivity index (χ3v) is 3.34. The van der Waals surface area contributed by atoms with Crippen LogP contribution in [0.25, 0.3) is 17.8 Å². The standard InChI is InChI=1S/C17H10FN5O2/c18-13-7-11(2-6-16(13)23-10-20-9-21-23)1-4-14-12(8-19)3-5-15(22-14)17(24)25/h1-7,9-10H,(H,24,25). The lowest BCUT2D eigenvalue weighted by Gasteiger charge is -2.03. The van der Waals surface area contributed by atoms with E-state index in [1.165, 1.54) is 47.7 Å². The average Bonchev–Trinajstić information content (AvgIpc) is 3.14. The van der Waals surface area contributed by atoms with Crippen molar-refractivity contribution in [3.63, 3.8) is 0 Å². The van der Waals surface area contributed by atoms with E-state index in [1.807, 2.05) is 6.07 Å². The Morgan fingerprint density at radius 3 is 2.76 bits per heavy atom. The minimum atomic E-state index is -1.19. The van der Waals surface area contributed by atoms with Gasteiger partial charge in [-0.15, -0.1) is 0 Å². The molecule has 2 heterocycles. The molecule has 3 aromatic rings. The second kappa shape index (κ2) is 6.72. The number of rotatable bonds is 4. The van der Waals surface area contributed by atoms with E-state index in [2.05, 4.69) is 15.1 Å². The third kappa shape index (κ3) is 3.40. The molecule has 0 aliphatic carbocycles. The Kier molecular flexibility index (Phi) is 4.30. The first kappa shape index (κ1) is 16.0. The Morgan fingerprint density at radius 2 is 2.12 bits per heavy atom. The average molecular weight is 335 g/mol. The molecule has 0 aliphatic heterocycles. The van der Waals surface area contributed by atoms with Crippen LogP contribution in [0.3, 0.4) is 0 Å². The topological polar surface area (TPSA) is 105 Å². The maximum atomic E-state index is 14.2. The van der Waals surface area contributed by atoms with Gasteiger partial charge in [0.1, 0.15) is 35.9 Å². The number of hydrogen-bond acceptors (Lipinski definition) is 5. The maximum Gasteiger partial charge on any atom is 0.354 e. The number of hydrogen-bond donors (Lipinski definition) is 1. The molecular formula is C17H10FN5O2. The van der Waals surface area contributed by atoms with Gasteiger partial charge in [-0.25, -0.2) is 23.8 Å². The van der Waals surface area contributed by atoms with Crippen LogP contribution >= 0.6 is 0 Å². The van der Waals surface area contributed by atoms with Crippen molar-refractivity contribution in [1.29, 1.82) is 5.26 Å². The van der Waals surface area contributed by atoms with Gasteiger partial charge in [0.25, 0.3) is 0 Å². The van der Waals surface area contributed by atoms with Gasteiger partial charge in [-0.05, 0) is 35.9 Å². The molecule has 0 fully saturated rings. The molecule has 0 saturated heterocycles. The van der Waals surface area contributed by atoms with Gasteiger partial charge in [-0.2, -0.15) is 10.4 Å². The summed E-state index contributed by atoms with van der Waals surface area (Å²) < 4.78 is 15.5. The lowest BCUT2D eigenvalue weighted by atomic mass is 10.1. The fourth-order valence-corrected chi connectivity index (χ4v) is 2.14. The van der Waals surface area contributed by atoms with Gasteiger partial charge in [-0.1, -0.05) is 12.1 Å². The molecule has 7 nitrogen and oxygen atoms in total. The first-order valence-electron chi connectivity index (χ1n) is 7.05. The van der Waals surface area contributed by atoms with Gasteiger partial charge < -0.3 is 5.11 Å². The molecule has 2 aromatic heterocycles. The summed E-state index contributed by atoms with van der Waals surface area (Å²) in [6, 6.07) is 9.06. The van der Waals surface area contributed by atoms with Crippen LogP contribution in [0.4, 0.5) is 4.39 Å². The molecule has 8 heteroatoms. The number of carbonyl (C=O) groups is 1. The minimum absolute atomic E-state index is 0.175. The van der Waals surface area contributed by atoms with Crippen molar-refractivity contribution in [1.82, 2.24) is 19.7 Å². The fourth-order valence-electron chi connectivity index (χ4n) is 2.14. The largest absolute Gasteiger partial charge is 0.477 e. The van der Waals surface area contributed by atoms with Crippen LogP contribution < -0.4 is 0 Å². The number of halogens is 1. The van der Waals surface area contributed by atoms with Gasteiger partial charge in [0.2, 0.25) is 0 Å². The molecule has 0 amide bonds. The number of pyridine rings is 1. The van der Waals surface area contributed by atoms with E-state index >= 15 is 0 Å². The summed E-state index contributed by atoms with van der Waals surface area (Å²) in [5.74, 6) is -1.69. The molecular weight excluding hydrogens is 325 g/mol. The van der Waals surface area contributed by atoms with Crippen LogP contribution in [-0.2, 0) is 0 Å². The monoisotopic (exact) mass is 335 g/mol. The van der Waals surface area contributed by atoms with Crippen LogP contribution in [0.15, 0.2) is 43.0 Å². The molecule has 1 aromatic carbocycles. The highest BCUT2D eigenvalue weighted by Crippen LogP contribution is 2.17. The number of carboxylic acids is 1. The van der Waals surface area contributed by atoms with Gasteiger partial charge in [-0.3, -0.25) is 0 Å². The predicted octanol–water partition coefficient (Wildman–Crippen LogP) is 2.54. The van der Waals surface area contributed by atoms with Crippen molar-refractivity contribution in [3.8, 4) is 11.8 Å². The van der Waals surface area contributed by atoms with Crippen molar-refractivity contribution in [3.05, 3.63) is 71.3 Å². The minimum Gasteiger partial charge on any atom is -0.477 e. The molecule has 0 radical (unpaired) electrons. The van der Waals surface area contributed by atoms with Gasteiger partial charge >= 0.3 is 5.97 Å². The molecule has 0 saturated carbocycles. The van der Waals surface area contributed by atoms with Crippen molar-refractivity contribution < 1.29 is 14.3 Å². The van der Waals surface area contributed by atoms with Crippen LogP contribution in [0.5, 0.6) is 0 Å². The van der Waals surface area contributed by atoms with Crippen LogP contribution in [-0.4, -0.2) is 30.8 Å². The Bertz CT molecular complexity index is 1010. The quantitative estimate of drug-likeness (QED) is 0.785. The smallest absolute Gasteiger partial charge is 0.354 e. The molecule has 0 unspecified atom stereocenters. The molecule has 1 N–H and O–H groups in total. The number of benzene rings is 1. The second-order valence-corrected chi connectivity index (χ2v) is 4.93. The molecule has 0 spiro atoms. The van der Waals surface area contributed by atoms with E-state index in [9.17, 15) is 9.18 Å². The number of carboxylic acid groups (broad SMARTS) is 1. The highest BCUT2D eigenvalue weighted by Gasteiger charge is 2.09. The fraction of sp³-hybridized carbons (Fsp3) is 0. The molecule has 0 atom stereocenters. The molecule has 25 heavy (non-hydrogen) atoms. The Hall–Kier alpha value is -3.86. The first-order valence-corrected chi connectivity index (χ1v) is 7.05. The van der Waals surface area contributed by atoms with Crippen molar-refractivity contribution in [2.45, 2.75) is 0 Å². The summed E-state index contributed by atoms with van der Waals surface area (Å²) in [6.07, 6.45) is 5.70. The summed E-state index contributed by atoms with van der Waals surface area (Å²) in [7, 11) is 0. The Labute approximate surface area is 141 Å². The normalized spacial score (nSPS) is 10.7. The van der Waals surface area contributed by atoms with Crippen molar-refractivity contribution >= 4 is 18.1 Å². The molecule has 0 aliphatic rings. The lowest BCUT2D eigenvalue weighted by Crippen LogP contribution is -2.02. The van der Waals surface area contributed by atoms with Crippen molar-refractivity contribution in [2.24, 2.45) is 0 Å². The van der Waals surface area contributed by atoms with E-state index in [4.69, 9.17) is 10.4 Å². The van der Waals surface area contributed by atoms with Crippen LogP contribution in [0.2, 0.25) is 0 Å². The third-order valence-electron chi connectivity index (χ3n) is 3.34. The molecule has 3 rings (SSSR count). The maximum absolute atomic E-state index is 14.2. The van der Waals surface area contributed by atoms with Crippen LogP contribution in [0, 0.1) is 17.1 Å². The number of aromatic carboxylic acids is 1. The van der Waals surface area contributed by atoms with Gasteiger partial charge in [0, 0.05) is 0 Å². The Balaban J connectivity index is 1.92. The van der Waals surface area contributed by atoms with E-state index in [-0.39, 0.29) is 22.6 Å². The highest BCUT2D eigenvalue weighted by molar-refractivity contribution is 5.86. The molecule has 0 bridgehead atoms. The summed E-state index contributed by atoms with van der Waals surface area (Å²) in [5, 5.41) is 21.9. The van der Waals surface area contributed by atoms with E-state index < -0.39 is 11.8 Å². The summed E-state index contributed by atoms with van der Waals surface area (Å²) in [5.41, 5.74) is 1.02. The number of nitrogens with zero attached hydrogens (tertiary/aromatic N) is 5. The lowest BCUT2D eigenvalue weighted by molar-refractivity contribution is 0.0690. The van der Waals surface area contributed by atoms with E-state index in [0.717, 1.165) is 0 Å². The van der Waals surface area contributed by atoms with E-state index in [1.54, 1.807) is 12.1 Å².